The van der Waals surface area contributed by atoms with Crippen molar-refractivity contribution < 1.29 is 14.6 Å². The van der Waals surface area contributed by atoms with E-state index in [4.69, 9.17) is 9.47 Å². The molecular weight excluding hydrogens is 278 g/mol. The first kappa shape index (κ1) is 15.8. The summed E-state index contributed by atoms with van der Waals surface area (Å²) in [5.41, 5.74) is 1.39. The van der Waals surface area contributed by atoms with Crippen LogP contribution in [0.25, 0.3) is 0 Å². The molecule has 4 heteroatoms. The summed E-state index contributed by atoms with van der Waals surface area (Å²) in [5.74, 6) is 0.907. The minimum Gasteiger partial charge on any atom is -0.491 e. The van der Waals surface area contributed by atoms with Crippen LogP contribution in [0.2, 0.25) is 0 Å². The molecule has 0 radical (unpaired) electrons. The van der Waals surface area contributed by atoms with E-state index in [9.17, 15) is 5.11 Å². The SMILES string of the molecule is OCC1(CNCc2ccc(OC[C@H]3CCCO3)cc2)CCC1. The minimum absolute atomic E-state index is 0.143. The lowest BCUT2D eigenvalue weighted by molar-refractivity contribution is 0.0445. The summed E-state index contributed by atoms with van der Waals surface area (Å²) in [6, 6.07) is 8.25. The zero-order valence-electron chi connectivity index (χ0n) is 13.2. The fraction of sp³-hybridized carbons (Fsp3) is 0.667. The summed E-state index contributed by atoms with van der Waals surface area (Å²) in [6.45, 7) is 3.56. The van der Waals surface area contributed by atoms with E-state index in [1.807, 2.05) is 12.1 Å². The van der Waals surface area contributed by atoms with Crippen LogP contribution in [0, 0.1) is 5.41 Å². The van der Waals surface area contributed by atoms with Crippen molar-refractivity contribution in [2.75, 3.05) is 26.4 Å². The Balaban J connectivity index is 1.39. The van der Waals surface area contributed by atoms with Crippen molar-refractivity contribution in [2.45, 2.75) is 44.8 Å². The molecule has 1 aromatic carbocycles. The molecule has 4 nitrogen and oxygen atoms in total. The van der Waals surface area contributed by atoms with E-state index in [-0.39, 0.29) is 11.5 Å². The van der Waals surface area contributed by atoms with Crippen LogP contribution in [0.1, 0.15) is 37.7 Å². The van der Waals surface area contributed by atoms with Crippen LogP contribution in [0.4, 0.5) is 0 Å². The summed E-state index contributed by atoms with van der Waals surface area (Å²) in [6.07, 6.45) is 6.05. The van der Waals surface area contributed by atoms with E-state index in [1.54, 1.807) is 0 Å². The predicted octanol–water partition coefficient (Wildman–Crippen LogP) is 2.50. The van der Waals surface area contributed by atoms with E-state index in [1.165, 1.54) is 12.0 Å². The number of aliphatic hydroxyl groups is 1. The van der Waals surface area contributed by atoms with E-state index >= 15 is 0 Å². The van der Waals surface area contributed by atoms with Crippen LogP contribution in [0.5, 0.6) is 5.75 Å². The molecular formula is C18H27NO3. The Kier molecular flexibility index (Phi) is 5.34. The Morgan fingerprint density at radius 2 is 2.05 bits per heavy atom. The van der Waals surface area contributed by atoms with Gasteiger partial charge in [0.15, 0.2) is 0 Å². The zero-order valence-corrected chi connectivity index (χ0v) is 13.2. The second-order valence-electron chi connectivity index (χ2n) is 6.71. The third kappa shape index (κ3) is 4.00. The third-order valence-electron chi connectivity index (χ3n) is 4.96. The molecule has 1 aliphatic carbocycles. The number of ether oxygens (including phenoxy) is 2. The molecule has 2 fully saturated rings. The molecule has 0 aromatic heterocycles. The Morgan fingerprint density at radius 1 is 1.23 bits per heavy atom. The summed E-state index contributed by atoms with van der Waals surface area (Å²) in [4.78, 5) is 0. The van der Waals surface area contributed by atoms with Crippen molar-refractivity contribution in [1.82, 2.24) is 5.32 Å². The first-order chi connectivity index (χ1) is 10.8. The predicted molar refractivity (Wildman–Crippen MR) is 86.0 cm³/mol. The average molecular weight is 305 g/mol. The molecule has 1 aromatic rings. The van der Waals surface area contributed by atoms with Gasteiger partial charge >= 0.3 is 0 Å². The lowest BCUT2D eigenvalue weighted by atomic mass is 9.69. The third-order valence-corrected chi connectivity index (χ3v) is 4.96. The molecule has 122 valence electrons. The first-order valence-electron chi connectivity index (χ1n) is 8.45. The molecule has 2 N–H and O–H groups in total. The Hall–Kier alpha value is -1.10. The number of rotatable bonds is 8. The van der Waals surface area contributed by atoms with E-state index in [0.29, 0.717) is 13.2 Å². The molecule has 0 unspecified atom stereocenters. The van der Waals surface area contributed by atoms with Crippen molar-refractivity contribution in [1.29, 1.82) is 0 Å². The van der Waals surface area contributed by atoms with Crippen molar-refractivity contribution >= 4 is 0 Å². The van der Waals surface area contributed by atoms with Gasteiger partial charge < -0.3 is 19.9 Å². The molecule has 22 heavy (non-hydrogen) atoms. The number of hydrogen-bond donors (Lipinski definition) is 2. The Labute approximate surface area is 132 Å². The van der Waals surface area contributed by atoms with Crippen molar-refractivity contribution in [3.8, 4) is 5.75 Å². The van der Waals surface area contributed by atoms with Gasteiger partial charge in [-0.15, -0.1) is 0 Å². The van der Waals surface area contributed by atoms with Gasteiger partial charge in [-0.1, -0.05) is 18.6 Å². The Morgan fingerprint density at radius 3 is 2.64 bits per heavy atom. The second kappa shape index (κ2) is 7.44. The summed E-state index contributed by atoms with van der Waals surface area (Å²) >= 11 is 0. The van der Waals surface area contributed by atoms with Crippen LogP contribution in [0.3, 0.4) is 0 Å². The number of nitrogens with one attached hydrogen (secondary N) is 1. The van der Waals surface area contributed by atoms with Crippen LogP contribution in [0.15, 0.2) is 24.3 Å². The lowest BCUT2D eigenvalue weighted by Gasteiger charge is -2.40. The van der Waals surface area contributed by atoms with Crippen molar-refractivity contribution in [3.63, 3.8) is 0 Å². The second-order valence-corrected chi connectivity index (χ2v) is 6.71. The van der Waals surface area contributed by atoms with Gasteiger partial charge in [-0.25, -0.2) is 0 Å². The highest BCUT2D eigenvalue weighted by atomic mass is 16.5. The molecule has 0 spiro atoms. The van der Waals surface area contributed by atoms with Gasteiger partial charge in [-0.2, -0.15) is 0 Å². The molecule has 2 aliphatic rings. The van der Waals surface area contributed by atoms with Crippen LogP contribution in [-0.4, -0.2) is 37.6 Å². The zero-order chi connectivity index (χ0) is 15.3. The fourth-order valence-corrected chi connectivity index (χ4v) is 3.21. The quantitative estimate of drug-likeness (QED) is 0.775. The number of benzene rings is 1. The highest BCUT2D eigenvalue weighted by molar-refractivity contribution is 5.27. The molecule has 1 atom stereocenters. The van der Waals surface area contributed by atoms with Crippen molar-refractivity contribution in [3.05, 3.63) is 29.8 Å². The van der Waals surface area contributed by atoms with Crippen LogP contribution in [-0.2, 0) is 11.3 Å². The fourth-order valence-electron chi connectivity index (χ4n) is 3.21. The molecule has 1 heterocycles. The van der Waals surface area contributed by atoms with E-state index in [0.717, 1.165) is 51.1 Å². The normalized spacial score (nSPS) is 23.2. The molecule has 0 amide bonds. The molecule has 3 rings (SSSR count). The summed E-state index contributed by atoms with van der Waals surface area (Å²) in [5, 5.41) is 12.9. The maximum absolute atomic E-state index is 9.45. The molecule has 1 aliphatic heterocycles. The van der Waals surface area contributed by atoms with Gasteiger partial charge in [0.05, 0.1) is 6.10 Å². The lowest BCUT2D eigenvalue weighted by Crippen LogP contribution is -2.42. The summed E-state index contributed by atoms with van der Waals surface area (Å²) < 4.78 is 11.3. The first-order valence-corrected chi connectivity index (χ1v) is 8.45. The number of aliphatic hydroxyl groups excluding tert-OH is 1. The van der Waals surface area contributed by atoms with E-state index in [2.05, 4.69) is 17.4 Å². The van der Waals surface area contributed by atoms with E-state index < -0.39 is 0 Å². The van der Waals surface area contributed by atoms with Gasteiger partial charge in [0.25, 0.3) is 0 Å². The topological polar surface area (TPSA) is 50.7 Å². The molecule has 1 saturated carbocycles. The summed E-state index contributed by atoms with van der Waals surface area (Å²) in [7, 11) is 0. The smallest absolute Gasteiger partial charge is 0.119 e. The van der Waals surface area contributed by atoms with Gasteiger partial charge in [0, 0.05) is 31.7 Å². The van der Waals surface area contributed by atoms with Gasteiger partial charge in [0.2, 0.25) is 0 Å². The highest BCUT2D eigenvalue weighted by Gasteiger charge is 2.35. The van der Waals surface area contributed by atoms with Gasteiger partial charge in [-0.05, 0) is 43.4 Å². The molecule has 1 saturated heterocycles. The number of hydrogen-bond acceptors (Lipinski definition) is 4. The van der Waals surface area contributed by atoms with Gasteiger partial charge in [-0.3, -0.25) is 0 Å². The maximum Gasteiger partial charge on any atom is 0.119 e. The van der Waals surface area contributed by atoms with Crippen molar-refractivity contribution in [2.24, 2.45) is 5.41 Å². The average Bonchev–Trinajstić information content (AvgIpc) is 3.02. The van der Waals surface area contributed by atoms with Gasteiger partial charge in [0.1, 0.15) is 12.4 Å². The minimum atomic E-state index is 0.143. The molecule has 0 bridgehead atoms. The standard InChI is InChI=1S/C18H27NO3/c20-14-18(8-2-9-18)13-19-11-15-4-6-16(7-5-15)22-12-17-3-1-10-21-17/h4-7,17,19-20H,1-3,8-14H2/t17-/m1/s1. The Bertz CT molecular complexity index is 444. The largest absolute Gasteiger partial charge is 0.491 e. The maximum atomic E-state index is 9.45. The monoisotopic (exact) mass is 305 g/mol. The van der Waals surface area contributed by atoms with Crippen LogP contribution < -0.4 is 10.1 Å². The van der Waals surface area contributed by atoms with Crippen LogP contribution >= 0.6 is 0 Å². The highest BCUT2D eigenvalue weighted by Crippen LogP contribution is 2.39.